The van der Waals surface area contributed by atoms with Crippen LogP contribution in [0.2, 0.25) is 0 Å². The van der Waals surface area contributed by atoms with Gasteiger partial charge in [-0.1, -0.05) is 19.1 Å². The fourth-order valence-electron chi connectivity index (χ4n) is 4.21. The van der Waals surface area contributed by atoms with E-state index in [4.69, 9.17) is 4.74 Å². The number of ether oxygens (including phenoxy) is 1. The van der Waals surface area contributed by atoms with Gasteiger partial charge in [-0.2, -0.15) is 0 Å². The highest BCUT2D eigenvalue weighted by atomic mass is 16.5. The zero-order valence-corrected chi connectivity index (χ0v) is 14.4. The average molecular weight is 331 g/mol. The molecule has 5 nitrogen and oxygen atoms in total. The number of phenolic OH excluding ortho intramolecular Hbond substituents is 1. The topological polar surface area (TPSA) is 78.8 Å². The van der Waals surface area contributed by atoms with Crippen LogP contribution in [0.25, 0.3) is 0 Å². The molecule has 2 unspecified atom stereocenters. The summed E-state index contributed by atoms with van der Waals surface area (Å²) in [6, 6.07) is 3.20. The lowest BCUT2D eigenvalue weighted by Crippen LogP contribution is -2.67. The van der Waals surface area contributed by atoms with Crippen molar-refractivity contribution in [3.8, 4) is 11.5 Å². The number of rotatable bonds is 5. The monoisotopic (exact) mass is 331 g/mol. The molecule has 0 fully saturated rings. The summed E-state index contributed by atoms with van der Waals surface area (Å²) in [5.74, 6) is 0.271. The van der Waals surface area contributed by atoms with Gasteiger partial charge in [-0.15, -0.1) is 6.58 Å². The van der Waals surface area contributed by atoms with E-state index in [2.05, 4.69) is 11.9 Å². The first kappa shape index (κ1) is 17.0. The van der Waals surface area contributed by atoms with Gasteiger partial charge >= 0.3 is 0 Å². The third-order valence-corrected chi connectivity index (χ3v) is 5.81. The molecule has 1 heterocycles. The Bertz CT molecular complexity index is 697. The minimum absolute atomic E-state index is 0.0136. The van der Waals surface area contributed by atoms with Gasteiger partial charge in [-0.3, -0.25) is 4.79 Å². The summed E-state index contributed by atoms with van der Waals surface area (Å²) in [7, 11) is 0. The molecule has 1 aliphatic carbocycles. The first-order valence-electron chi connectivity index (χ1n) is 8.40. The Hall–Kier alpha value is -1.85. The second kappa shape index (κ2) is 5.60. The third-order valence-electron chi connectivity index (χ3n) is 5.81. The van der Waals surface area contributed by atoms with Gasteiger partial charge in [0.05, 0.1) is 11.0 Å². The van der Waals surface area contributed by atoms with Gasteiger partial charge in [0.25, 0.3) is 0 Å². The SMILES string of the molecule is C=CCNC1Cc2ccc(O)c3c2[C@@](C)([C@H](C(=O)CC)O3)C1(C)O. The fourth-order valence-corrected chi connectivity index (χ4v) is 4.21. The molecule has 2 aliphatic rings. The molecule has 3 N–H and O–H groups in total. The van der Waals surface area contributed by atoms with Crippen LogP contribution >= 0.6 is 0 Å². The Labute approximate surface area is 142 Å². The molecule has 0 saturated heterocycles. The summed E-state index contributed by atoms with van der Waals surface area (Å²) >= 11 is 0. The van der Waals surface area contributed by atoms with E-state index in [1.807, 2.05) is 13.0 Å². The summed E-state index contributed by atoms with van der Waals surface area (Å²) in [5, 5.41) is 25.0. The maximum absolute atomic E-state index is 12.6. The Balaban J connectivity index is 2.20. The standard InChI is InChI=1S/C19H25NO4/c1-5-9-20-14-10-11-7-8-13(22)16-15(11)18(3,19(14,4)23)17(24-16)12(21)6-2/h5,7-8,14,17,20,22-23H,1,6,9-10H2,2-4H3/t14?,17-,18-,19?/m0/s1. The molecule has 24 heavy (non-hydrogen) atoms. The predicted octanol–water partition coefficient (Wildman–Crippen LogP) is 1.84. The van der Waals surface area contributed by atoms with Gasteiger partial charge in [0.15, 0.2) is 23.4 Å². The summed E-state index contributed by atoms with van der Waals surface area (Å²) in [4.78, 5) is 12.6. The van der Waals surface area contributed by atoms with Gasteiger partial charge in [-0.05, 0) is 31.9 Å². The van der Waals surface area contributed by atoms with Gasteiger partial charge in [0.2, 0.25) is 0 Å². The molecule has 1 aliphatic heterocycles. The number of ketones is 1. The van der Waals surface area contributed by atoms with Crippen molar-refractivity contribution < 1.29 is 19.7 Å². The fraction of sp³-hybridized carbons (Fsp3) is 0.526. The van der Waals surface area contributed by atoms with E-state index in [9.17, 15) is 15.0 Å². The summed E-state index contributed by atoms with van der Waals surface area (Å²) in [6.45, 7) is 9.67. The van der Waals surface area contributed by atoms with Crippen molar-refractivity contribution in [2.45, 2.75) is 56.8 Å². The van der Waals surface area contributed by atoms with Crippen LogP contribution in [0.15, 0.2) is 24.8 Å². The second-order valence-electron chi connectivity index (χ2n) is 7.07. The van der Waals surface area contributed by atoms with Gasteiger partial charge in [-0.25, -0.2) is 0 Å². The van der Waals surface area contributed by atoms with Gasteiger partial charge in [0.1, 0.15) is 0 Å². The van der Waals surface area contributed by atoms with Crippen molar-refractivity contribution in [2.75, 3.05) is 6.54 Å². The lowest BCUT2D eigenvalue weighted by atomic mass is 9.57. The maximum atomic E-state index is 12.6. The third kappa shape index (κ3) is 2.04. The molecule has 0 spiro atoms. The molecule has 0 radical (unpaired) electrons. The van der Waals surface area contributed by atoms with Crippen LogP contribution in [0.4, 0.5) is 0 Å². The molecule has 1 aromatic rings. The predicted molar refractivity (Wildman–Crippen MR) is 91.5 cm³/mol. The van der Waals surface area contributed by atoms with Crippen molar-refractivity contribution in [2.24, 2.45) is 0 Å². The number of nitrogens with one attached hydrogen (secondary N) is 1. The Morgan fingerprint density at radius 1 is 1.50 bits per heavy atom. The number of Topliss-reactive ketones (excluding diaryl/α,β-unsaturated/α-hetero) is 1. The lowest BCUT2D eigenvalue weighted by molar-refractivity contribution is -0.137. The van der Waals surface area contributed by atoms with Gasteiger partial charge < -0.3 is 20.3 Å². The number of aliphatic hydroxyl groups is 1. The molecule has 0 aromatic heterocycles. The summed E-state index contributed by atoms with van der Waals surface area (Å²) in [5.41, 5.74) is -0.404. The largest absolute Gasteiger partial charge is 0.504 e. The zero-order valence-electron chi connectivity index (χ0n) is 14.4. The van der Waals surface area contributed by atoms with Crippen LogP contribution in [-0.4, -0.2) is 40.3 Å². The number of aromatic hydroxyl groups is 1. The van der Waals surface area contributed by atoms with Crippen molar-refractivity contribution in [1.29, 1.82) is 0 Å². The van der Waals surface area contributed by atoms with E-state index in [1.54, 1.807) is 26.0 Å². The molecule has 130 valence electrons. The molecule has 5 heteroatoms. The number of carbonyl (C=O) groups is 1. The highest BCUT2D eigenvalue weighted by Crippen LogP contribution is 2.57. The number of phenols is 1. The smallest absolute Gasteiger partial charge is 0.174 e. The van der Waals surface area contributed by atoms with E-state index < -0.39 is 17.1 Å². The quantitative estimate of drug-likeness (QED) is 0.718. The van der Waals surface area contributed by atoms with Crippen LogP contribution in [-0.2, 0) is 16.6 Å². The Kier molecular flexibility index (Phi) is 3.97. The molecule has 3 rings (SSSR count). The van der Waals surface area contributed by atoms with Crippen LogP contribution in [0, 0.1) is 0 Å². The van der Waals surface area contributed by atoms with E-state index in [0.717, 1.165) is 11.1 Å². The van der Waals surface area contributed by atoms with E-state index >= 15 is 0 Å². The minimum Gasteiger partial charge on any atom is -0.504 e. The number of carbonyl (C=O) groups excluding carboxylic acids is 1. The normalized spacial score (nSPS) is 33.7. The summed E-state index contributed by atoms with van der Waals surface area (Å²) < 4.78 is 5.90. The molecule has 0 bridgehead atoms. The van der Waals surface area contributed by atoms with Crippen molar-refractivity contribution in [1.82, 2.24) is 5.32 Å². The molecular formula is C19H25NO4. The highest BCUT2D eigenvalue weighted by Gasteiger charge is 2.64. The van der Waals surface area contributed by atoms with Crippen molar-refractivity contribution in [3.05, 3.63) is 35.9 Å². The lowest BCUT2D eigenvalue weighted by Gasteiger charge is -2.51. The first-order valence-corrected chi connectivity index (χ1v) is 8.40. The summed E-state index contributed by atoms with van der Waals surface area (Å²) in [6.07, 6.45) is 1.84. The molecule has 4 atom stereocenters. The van der Waals surface area contributed by atoms with E-state index in [0.29, 0.717) is 25.1 Å². The average Bonchev–Trinajstić information content (AvgIpc) is 2.88. The number of hydrogen-bond acceptors (Lipinski definition) is 5. The highest BCUT2D eigenvalue weighted by molar-refractivity contribution is 5.87. The van der Waals surface area contributed by atoms with Crippen LogP contribution in [0.5, 0.6) is 11.5 Å². The van der Waals surface area contributed by atoms with E-state index in [1.165, 1.54) is 0 Å². The molecule has 1 aromatic carbocycles. The molecular weight excluding hydrogens is 306 g/mol. The van der Waals surface area contributed by atoms with E-state index in [-0.39, 0.29) is 17.6 Å². The van der Waals surface area contributed by atoms with Crippen molar-refractivity contribution >= 4 is 5.78 Å². The number of benzene rings is 1. The van der Waals surface area contributed by atoms with Crippen LogP contribution in [0.1, 0.15) is 38.3 Å². The zero-order chi connectivity index (χ0) is 17.7. The Morgan fingerprint density at radius 3 is 2.83 bits per heavy atom. The first-order chi connectivity index (χ1) is 11.3. The maximum Gasteiger partial charge on any atom is 0.174 e. The van der Waals surface area contributed by atoms with Crippen LogP contribution in [0.3, 0.4) is 0 Å². The minimum atomic E-state index is -1.22. The van der Waals surface area contributed by atoms with Crippen LogP contribution < -0.4 is 10.1 Å². The Morgan fingerprint density at radius 2 is 2.21 bits per heavy atom. The second-order valence-corrected chi connectivity index (χ2v) is 7.07. The number of hydrogen-bond donors (Lipinski definition) is 3. The molecule has 0 saturated carbocycles. The molecule has 0 amide bonds. The van der Waals surface area contributed by atoms with Crippen molar-refractivity contribution in [3.63, 3.8) is 0 Å². The van der Waals surface area contributed by atoms with Gasteiger partial charge in [0, 0.05) is 24.6 Å².